The van der Waals surface area contributed by atoms with Gasteiger partial charge in [-0.2, -0.15) is 14.6 Å². The fourth-order valence-corrected chi connectivity index (χ4v) is 11.7. The number of hydrogen-bond acceptors (Lipinski definition) is 10. The molecule has 0 bridgehead atoms. The predicted octanol–water partition coefficient (Wildman–Crippen LogP) is 9.62. The number of aromatic nitrogens is 6. The number of hydrogen-bond donors (Lipinski definition) is 2. The van der Waals surface area contributed by atoms with E-state index in [0.717, 1.165) is 103 Å². The molecule has 298 valence electrons. The van der Waals surface area contributed by atoms with E-state index in [1.165, 1.54) is 27.2 Å². The molecule has 9 rings (SSSR count). The van der Waals surface area contributed by atoms with Crippen LogP contribution < -0.4 is 16.4 Å². The van der Waals surface area contributed by atoms with Gasteiger partial charge >= 0.3 is 0 Å². The average Bonchev–Trinajstić information content (AvgIpc) is 4.00. The molecule has 1 fully saturated rings. The van der Waals surface area contributed by atoms with Gasteiger partial charge in [-0.05, 0) is 95.8 Å². The molecule has 6 aromatic rings. The minimum Gasteiger partial charge on any atom is -0.399 e. The van der Waals surface area contributed by atoms with Crippen molar-refractivity contribution < 1.29 is 4.39 Å². The summed E-state index contributed by atoms with van der Waals surface area (Å²) in [5.74, 6) is 1.58. The van der Waals surface area contributed by atoms with Gasteiger partial charge in [0, 0.05) is 64.4 Å². The number of nitrogens with two attached hydrogens (primary N) is 2. The molecule has 2 aliphatic carbocycles. The number of nitrogens with zero attached hydrogens (tertiary/aromatic N) is 10. The van der Waals surface area contributed by atoms with Crippen molar-refractivity contribution in [2.75, 3.05) is 49.6 Å². The van der Waals surface area contributed by atoms with Gasteiger partial charge in [0.05, 0.1) is 35.5 Å². The van der Waals surface area contributed by atoms with Gasteiger partial charge in [-0.15, -0.1) is 22.7 Å². The van der Waals surface area contributed by atoms with Crippen LogP contribution in [0.2, 0.25) is 0 Å². The van der Waals surface area contributed by atoms with Gasteiger partial charge in [-0.25, -0.2) is 29.0 Å². The number of rotatable bonds is 5. The van der Waals surface area contributed by atoms with E-state index >= 15 is 0 Å². The predicted molar refractivity (Wildman–Crippen MR) is 237 cm³/mol. The van der Waals surface area contributed by atoms with Crippen LogP contribution in [0.3, 0.4) is 0 Å². The summed E-state index contributed by atoms with van der Waals surface area (Å²) in [6, 6.07) is 7.09. The van der Waals surface area contributed by atoms with E-state index in [1.807, 2.05) is 23.1 Å². The first-order chi connectivity index (χ1) is 27.8. The van der Waals surface area contributed by atoms with Crippen LogP contribution in [0.5, 0.6) is 0 Å². The lowest BCUT2D eigenvalue weighted by Crippen LogP contribution is -2.44. The van der Waals surface area contributed by atoms with E-state index < -0.39 is 5.95 Å². The largest absolute Gasteiger partial charge is 0.399 e. The quantitative estimate of drug-likeness (QED) is 0.129. The second kappa shape index (κ2) is 15.8. The Hall–Kier alpha value is -4.65. The molecule has 0 amide bonds. The number of thiophene rings is 2. The van der Waals surface area contributed by atoms with Gasteiger partial charge in [0.1, 0.15) is 5.82 Å². The van der Waals surface area contributed by atoms with Crippen LogP contribution in [0, 0.1) is 19.1 Å². The van der Waals surface area contributed by atoms with E-state index in [4.69, 9.17) is 29.6 Å². The molecule has 0 radical (unpaired) electrons. The maximum Gasteiger partial charge on any atom is 0.224 e. The number of halogens is 3. The minimum atomic E-state index is -0.571. The molecular weight excluding hydrogens is 903 g/mol. The topological polar surface area (TPSA) is 129 Å². The number of likely N-dealkylation sites (N-methyl/N-ethyl adjacent to an activating group) is 1. The highest BCUT2D eigenvalue weighted by atomic mass is 79.9. The summed E-state index contributed by atoms with van der Waals surface area (Å²) in [5, 5.41) is 10.3. The zero-order valence-corrected chi connectivity index (χ0v) is 37.1. The molecular formula is C41H41Br2FN12S2. The fraction of sp³-hybridized carbons (Fsp3) is 0.366. The standard InChI is InChI=1S/C23H26BrN7S.C18H15BrFN5S/c1-23(6-4-5-17-20(23)21(26-2)22(25)32-17)15-13-27-31(14-15)19-12-16(24)11-18(28-19)30-9-7-29(3)8-10-30;1-18(5-3-4-12-15(18)16(22-2)17(21)26-12)10-8-23-25(9-10)14-7-11(19)6-13(20)24-14/h11-14H,4-10,25H2,1,3H3;6-9H,3-5,21H2,1H3. The lowest BCUT2D eigenvalue weighted by Gasteiger charge is -2.34. The van der Waals surface area contributed by atoms with Gasteiger partial charge in [-0.1, -0.05) is 45.7 Å². The molecule has 2 atom stereocenters. The normalized spacial score (nSPS) is 20.4. The molecule has 58 heavy (non-hydrogen) atoms. The number of pyridine rings is 2. The van der Waals surface area contributed by atoms with Crippen LogP contribution in [-0.2, 0) is 23.7 Å². The Morgan fingerprint density at radius 2 is 1.19 bits per heavy atom. The Kier molecular flexibility index (Phi) is 11.0. The number of nitrogen functional groups attached to an aromatic ring is 2. The molecule has 4 N–H and O–H groups in total. The summed E-state index contributed by atoms with van der Waals surface area (Å²) < 4.78 is 18.6. The Labute approximate surface area is 361 Å². The lowest BCUT2D eigenvalue weighted by molar-refractivity contribution is 0.312. The lowest BCUT2D eigenvalue weighted by atomic mass is 9.70. The summed E-state index contributed by atoms with van der Waals surface area (Å²) in [6.45, 7) is 23.6. The van der Waals surface area contributed by atoms with Crippen molar-refractivity contribution in [2.24, 2.45) is 0 Å². The summed E-state index contributed by atoms with van der Waals surface area (Å²) >= 11 is 10.0. The highest BCUT2D eigenvalue weighted by Gasteiger charge is 2.40. The molecule has 0 saturated carbocycles. The van der Waals surface area contributed by atoms with Gasteiger partial charge in [0.2, 0.25) is 17.3 Å². The highest BCUT2D eigenvalue weighted by molar-refractivity contribution is 9.10. The molecule has 17 heteroatoms. The molecule has 1 saturated heterocycles. The third kappa shape index (κ3) is 7.32. The third-order valence-electron chi connectivity index (χ3n) is 11.7. The van der Waals surface area contributed by atoms with Crippen LogP contribution in [-0.4, -0.2) is 67.7 Å². The first kappa shape index (κ1) is 40.1. The van der Waals surface area contributed by atoms with E-state index in [1.54, 1.807) is 28.3 Å². The van der Waals surface area contributed by atoms with E-state index in [-0.39, 0.29) is 10.8 Å². The van der Waals surface area contributed by atoms with Crippen molar-refractivity contribution in [3.63, 3.8) is 0 Å². The van der Waals surface area contributed by atoms with Gasteiger partial charge in [0.25, 0.3) is 0 Å². The van der Waals surface area contributed by atoms with E-state index in [0.29, 0.717) is 31.7 Å². The first-order valence-corrected chi connectivity index (χ1v) is 22.2. The number of anilines is 3. The molecule has 7 heterocycles. The van der Waals surface area contributed by atoms with Gasteiger partial charge in [-0.3, -0.25) is 0 Å². The zero-order valence-electron chi connectivity index (χ0n) is 32.3. The molecule has 2 unspecified atom stereocenters. The Bertz CT molecular complexity index is 2590. The number of aryl methyl sites for hydroxylation is 2. The second-order valence-electron chi connectivity index (χ2n) is 15.4. The van der Waals surface area contributed by atoms with Gasteiger partial charge < -0.3 is 21.3 Å². The zero-order chi connectivity index (χ0) is 40.9. The molecule has 0 aromatic carbocycles. The fourth-order valence-electron chi connectivity index (χ4n) is 8.54. The maximum atomic E-state index is 13.6. The maximum absolute atomic E-state index is 13.6. The van der Waals surface area contributed by atoms with Crippen LogP contribution in [0.4, 0.5) is 31.6 Å². The van der Waals surface area contributed by atoms with Crippen molar-refractivity contribution in [2.45, 2.75) is 63.2 Å². The van der Waals surface area contributed by atoms with Crippen LogP contribution in [0.15, 0.2) is 58.0 Å². The van der Waals surface area contributed by atoms with Gasteiger partial charge in [0.15, 0.2) is 11.6 Å². The summed E-state index contributed by atoms with van der Waals surface area (Å²) in [4.78, 5) is 23.4. The second-order valence-corrected chi connectivity index (χ2v) is 19.5. The highest BCUT2D eigenvalue weighted by Crippen LogP contribution is 2.54. The number of fused-ring (bicyclic) bond motifs is 2. The molecule has 3 aliphatic rings. The molecule has 6 aromatic heterocycles. The number of piperazine rings is 1. The minimum absolute atomic E-state index is 0.272. The van der Waals surface area contributed by atoms with Crippen molar-refractivity contribution >= 4 is 81.7 Å². The molecule has 0 spiro atoms. The van der Waals surface area contributed by atoms with Crippen LogP contribution in [0.25, 0.3) is 21.3 Å². The van der Waals surface area contributed by atoms with Crippen molar-refractivity contribution in [1.29, 1.82) is 0 Å². The summed E-state index contributed by atoms with van der Waals surface area (Å²) in [7, 11) is 2.15. The Morgan fingerprint density at radius 3 is 1.67 bits per heavy atom. The Balaban J connectivity index is 0.000000165. The monoisotopic (exact) mass is 942 g/mol. The average molecular weight is 945 g/mol. The van der Waals surface area contributed by atoms with Crippen LogP contribution >= 0.6 is 54.5 Å². The van der Waals surface area contributed by atoms with Crippen molar-refractivity contribution in [1.82, 2.24) is 34.4 Å². The van der Waals surface area contributed by atoms with Crippen molar-refractivity contribution in [3.05, 3.63) is 119 Å². The van der Waals surface area contributed by atoms with Crippen molar-refractivity contribution in [3.8, 4) is 11.6 Å². The van der Waals surface area contributed by atoms with Crippen LogP contribution in [0.1, 0.15) is 71.5 Å². The Morgan fingerprint density at radius 1 is 0.724 bits per heavy atom. The summed E-state index contributed by atoms with van der Waals surface area (Å²) in [5.41, 5.74) is 17.1. The SMILES string of the molecule is [C-]#[N+]c1c(N)sc2c1C(C)(c1cnn(-c3cc(Br)cc(F)n3)c1)CCC2.[C-]#[N+]c1c(N)sc2c1C(C)(c1cnn(-c3cc(Br)cc(N4CCN(C)CC4)n3)c1)CCC2. The molecule has 12 nitrogen and oxygen atoms in total. The molecule has 1 aliphatic heterocycles. The third-order valence-corrected chi connectivity index (χ3v) is 14.7. The van der Waals surface area contributed by atoms with E-state index in [2.05, 4.69) is 99.7 Å². The summed E-state index contributed by atoms with van der Waals surface area (Å²) in [6.07, 6.45) is 13.6. The first-order valence-electron chi connectivity index (χ1n) is 18.9. The van der Waals surface area contributed by atoms with E-state index in [9.17, 15) is 4.39 Å². The smallest absolute Gasteiger partial charge is 0.224 e.